The first-order valence-electron chi connectivity index (χ1n) is 7.60. The van der Waals surface area contributed by atoms with E-state index in [2.05, 4.69) is 49.5 Å². The monoisotopic (exact) mass is 283 g/mol. The van der Waals surface area contributed by atoms with E-state index in [0.717, 1.165) is 12.2 Å². The third-order valence-electron chi connectivity index (χ3n) is 3.87. The smallest absolute Gasteiger partial charge is 0.124 e. The quantitative estimate of drug-likeness (QED) is 0.857. The molecule has 1 N–H and O–H groups in total. The van der Waals surface area contributed by atoms with Gasteiger partial charge in [-0.25, -0.2) is 0 Å². The molecule has 0 fully saturated rings. The average molecular weight is 283 g/mol. The van der Waals surface area contributed by atoms with E-state index >= 15 is 0 Å². The molecule has 1 atom stereocenters. The predicted octanol–water partition coefficient (Wildman–Crippen LogP) is 4.21. The highest BCUT2D eigenvalue weighted by Gasteiger charge is 2.15. The van der Waals surface area contributed by atoms with Gasteiger partial charge in [-0.15, -0.1) is 0 Å². The Morgan fingerprint density at radius 2 is 1.86 bits per heavy atom. The van der Waals surface area contributed by atoms with E-state index in [1.165, 1.54) is 22.3 Å². The fourth-order valence-electron chi connectivity index (χ4n) is 2.66. The molecule has 2 aromatic rings. The summed E-state index contributed by atoms with van der Waals surface area (Å²) in [4.78, 5) is 0. The Morgan fingerprint density at radius 1 is 1.10 bits per heavy atom. The van der Waals surface area contributed by atoms with Crippen molar-refractivity contribution in [1.29, 1.82) is 0 Å². The van der Waals surface area contributed by atoms with Crippen LogP contribution in [0.15, 0.2) is 42.5 Å². The number of para-hydroxylation sites is 1. The van der Waals surface area contributed by atoms with Gasteiger partial charge in [-0.05, 0) is 51.4 Å². The molecule has 0 aliphatic rings. The molecule has 0 aromatic heterocycles. The molecule has 2 aromatic carbocycles. The zero-order valence-corrected chi connectivity index (χ0v) is 13.4. The average Bonchev–Trinajstić information content (AvgIpc) is 2.49. The van der Waals surface area contributed by atoms with Gasteiger partial charge in [0.2, 0.25) is 0 Å². The number of hydrogen-bond acceptors (Lipinski definition) is 2. The molecule has 0 bridgehead atoms. The Labute approximate surface area is 128 Å². The van der Waals surface area contributed by atoms with Crippen LogP contribution in [-0.2, 0) is 6.42 Å². The second-order valence-electron chi connectivity index (χ2n) is 5.45. The predicted molar refractivity (Wildman–Crippen MR) is 89.0 cm³/mol. The third kappa shape index (κ3) is 3.85. The lowest BCUT2D eigenvalue weighted by atomic mass is 9.94. The standard InChI is InChI=1S/C19H25NO/c1-5-21-19-9-7-6-8-17(19)18(20-4)13-16-12-14(2)10-11-15(16)3/h6-12,18,20H,5,13H2,1-4H3. The molecule has 112 valence electrons. The van der Waals surface area contributed by atoms with Crippen LogP contribution in [0.1, 0.15) is 35.2 Å². The Kier molecular flexibility index (Phi) is 5.40. The molecular weight excluding hydrogens is 258 g/mol. The maximum atomic E-state index is 5.77. The molecule has 2 heteroatoms. The van der Waals surface area contributed by atoms with Gasteiger partial charge >= 0.3 is 0 Å². The van der Waals surface area contributed by atoms with Gasteiger partial charge in [0.1, 0.15) is 5.75 Å². The number of benzene rings is 2. The van der Waals surface area contributed by atoms with Crippen LogP contribution in [0.3, 0.4) is 0 Å². The molecule has 0 aliphatic carbocycles. The topological polar surface area (TPSA) is 21.3 Å². The van der Waals surface area contributed by atoms with Crippen LogP contribution < -0.4 is 10.1 Å². The molecule has 2 nitrogen and oxygen atoms in total. The highest BCUT2D eigenvalue weighted by Crippen LogP contribution is 2.28. The van der Waals surface area contributed by atoms with Gasteiger partial charge in [0.25, 0.3) is 0 Å². The van der Waals surface area contributed by atoms with Gasteiger partial charge in [-0.2, -0.15) is 0 Å². The number of nitrogens with one attached hydrogen (secondary N) is 1. The van der Waals surface area contributed by atoms with E-state index < -0.39 is 0 Å². The fraction of sp³-hybridized carbons (Fsp3) is 0.368. The summed E-state index contributed by atoms with van der Waals surface area (Å²) in [5, 5.41) is 3.43. The molecule has 0 amide bonds. The van der Waals surface area contributed by atoms with E-state index in [-0.39, 0.29) is 6.04 Å². The van der Waals surface area contributed by atoms with Crippen molar-refractivity contribution in [3.05, 3.63) is 64.7 Å². The van der Waals surface area contributed by atoms with E-state index in [0.29, 0.717) is 6.61 Å². The van der Waals surface area contributed by atoms with Gasteiger partial charge in [-0.1, -0.05) is 42.0 Å². The van der Waals surface area contributed by atoms with E-state index in [1.54, 1.807) is 0 Å². The van der Waals surface area contributed by atoms with Gasteiger partial charge < -0.3 is 10.1 Å². The minimum Gasteiger partial charge on any atom is -0.494 e. The largest absolute Gasteiger partial charge is 0.494 e. The van der Waals surface area contributed by atoms with Crippen LogP contribution in [0.5, 0.6) is 5.75 Å². The molecule has 0 radical (unpaired) electrons. The Morgan fingerprint density at radius 3 is 2.57 bits per heavy atom. The zero-order chi connectivity index (χ0) is 15.2. The molecular formula is C19H25NO. The summed E-state index contributed by atoms with van der Waals surface area (Å²) in [5.41, 5.74) is 5.27. The zero-order valence-electron chi connectivity index (χ0n) is 13.4. The first-order chi connectivity index (χ1) is 10.2. The minimum absolute atomic E-state index is 0.258. The van der Waals surface area contributed by atoms with Gasteiger partial charge in [-0.3, -0.25) is 0 Å². The van der Waals surface area contributed by atoms with Crippen LogP contribution in [0.4, 0.5) is 0 Å². The van der Waals surface area contributed by atoms with Crippen molar-refractivity contribution in [2.45, 2.75) is 33.2 Å². The summed E-state index contributed by atoms with van der Waals surface area (Å²) in [6, 6.07) is 15.2. The van der Waals surface area contributed by atoms with E-state index in [4.69, 9.17) is 4.74 Å². The Hall–Kier alpha value is -1.80. The Bertz CT molecular complexity index is 592. The first kappa shape index (κ1) is 15.6. The Balaban J connectivity index is 2.30. The maximum Gasteiger partial charge on any atom is 0.124 e. The van der Waals surface area contributed by atoms with Crippen LogP contribution >= 0.6 is 0 Å². The van der Waals surface area contributed by atoms with Crippen LogP contribution in [-0.4, -0.2) is 13.7 Å². The maximum absolute atomic E-state index is 5.77. The van der Waals surface area contributed by atoms with Crippen molar-refractivity contribution in [3.63, 3.8) is 0 Å². The van der Waals surface area contributed by atoms with Crippen molar-refractivity contribution in [2.24, 2.45) is 0 Å². The first-order valence-corrected chi connectivity index (χ1v) is 7.60. The van der Waals surface area contributed by atoms with E-state index in [9.17, 15) is 0 Å². The van der Waals surface area contributed by atoms with Gasteiger partial charge in [0, 0.05) is 11.6 Å². The summed E-state index contributed by atoms with van der Waals surface area (Å²) in [6.45, 7) is 7.04. The second kappa shape index (κ2) is 7.28. The van der Waals surface area contributed by atoms with Crippen molar-refractivity contribution in [2.75, 3.05) is 13.7 Å². The van der Waals surface area contributed by atoms with Crippen molar-refractivity contribution < 1.29 is 4.74 Å². The van der Waals surface area contributed by atoms with Crippen LogP contribution in [0, 0.1) is 13.8 Å². The third-order valence-corrected chi connectivity index (χ3v) is 3.87. The summed E-state index contributed by atoms with van der Waals surface area (Å²) in [5.74, 6) is 0.977. The van der Waals surface area contributed by atoms with Crippen LogP contribution in [0.2, 0.25) is 0 Å². The summed E-state index contributed by atoms with van der Waals surface area (Å²) in [7, 11) is 2.01. The highest BCUT2D eigenvalue weighted by atomic mass is 16.5. The number of hydrogen-bond donors (Lipinski definition) is 1. The minimum atomic E-state index is 0.258. The molecule has 21 heavy (non-hydrogen) atoms. The molecule has 2 rings (SSSR count). The summed E-state index contributed by atoms with van der Waals surface area (Å²) in [6.07, 6.45) is 0.966. The normalized spacial score (nSPS) is 12.2. The molecule has 0 saturated carbocycles. The summed E-state index contributed by atoms with van der Waals surface area (Å²) >= 11 is 0. The lowest BCUT2D eigenvalue weighted by Crippen LogP contribution is -2.20. The second-order valence-corrected chi connectivity index (χ2v) is 5.45. The molecule has 0 saturated heterocycles. The number of likely N-dealkylation sites (N-methyl/N-ethyl adjacent to an activating group) is 1. The number of rotatable bonds is 6. The SMILES string of the molecule is CCOc1ccccc1C(Cc1cc(C)ccc1C)NC. The molecule has 1 unspecified atom stereocenters. The van der Waals surface area contributed by atoms with Crippen molar-refractivity contribution >= 4 is 0 Å². The molecule has 0 heterocycles. The fourth-order valence-corrected chi connectivity index (χ4v) is 2.66. The van der Waals surface area contributed by atoms with Crippen LogP contribution in [0.25, 0.3) is 0 Å². The lowest BCUT2D eigenvalue weighted by Gasteiger charge is -2.21. The number of ether oxygens (including phenoxy) is 1. The molecule has 0 aliphatic heterocycles. The molecule has 0 spiro atoms. The number of aryl methyl sites for hydroxylation is 2. The van der Waals surface area contributed by atoms with Gasteiger partial charge in [0.05, 0.1) is 6.61 Å². The van der Waals surface area contributed by atoms with Gasteiger partial charge in [0.15, 0.2) is 0 Å². The lowest BCUT2D eigenvalue weighted by molar-refractivity contribution is 0.332. The van der Waals surface area contributed by atoms with Crippen molar-refractivity contribution in [3.8, 4) is 5.75 Å². The highest BCUT2D eigenvalue weighted by molar-refractivity contribution is 5.38. The summed E-state index contributed by atoms with van der Waals surface area (Å²) < 4.78 is 5.77. The van der Waals surface area contributed by atoms with E-state index in [1.807, 2.05) is 26.1 Å². The van der Waals surface area contributed by atoms with Crippen molar-refractivity contribution in [1.82, 2.24) is 5.32 Å².